The van der Waals surface area contributed by atoms with Crippen molar-refractivity contribution in [3.05, 3.63) is 52.9 Å². The number of hydrogen-bond donors (Lipinski definition) is 2. The van der Waals surface area contributed by atoms with Crippen LogP contribution in [0.3, 0.4) is 0 Å². The summed E-state index contributed by atoms with van der Waals surface area (Å²) in [6.07, 6.45) is 1.97. The van der Waals surface area contributed by atoms with Gasteiger partial charge in [0.1, 0.15) is 21.6 Å². The van der Waals surface area contributed by atoms with E-state index in [1.54, 1.807) is 31.3 Å². The SMILES string of the molecule is Cn1c(N(O)O)cc2ccc(Cl)nc21.Cn1ccc2ccc(Cl)nc21. The van der Waals surface area contributed by atoms with Crippen molar-refractivity contribution in [2.45, 2.75) is 0 Å². The molecule has 0 fully saturated rings. The topological polar surface area (TPSA) is 79.3 Å². The molecule has 0 radical (unpaired) electrons. The smallest absolute Gasteiger partial charge is 0.165 e. The molecule has 0 spiro atoms. The Balaban J connectivity index is 0.000000150. The van der Waals surface area contributed by atoms with E-state index in [0.717, 1.165) is 16.4 Å². The van der Waals surface area contributed by atoms with Crippen LogP contribution in [0.25, 0.3) is 22.1 Å². The number of anilines is 1. The first-order valence-corrected chi connectivity index (χ1v) is 8.00. The van der Waals surface area contributed by atoms with E-state index in [2.05, 4.69) is 9.97 Å². The summed E-state index contributed by atoms with van der Waals surface area (Å²) in [4.78, 5) is 8.22. The van der Waals surface area contributed by atoms with Crippen LogP contribution in [-0.2, 0) is 14.1 Å². The van der Waals surface area contributed by atoms with E-state index in [4.69, 9.17) is 33.6 Å². The van der Waals surface area contributed by atoms with Gasteiger partial charge in [-0.05, 0) is 36.4 Å². The molecule has 0 aliphatic carbocycles. The second-order valence-electron chi connectivity index (χ2n) is 5.37. The fourth-order valence-electron chi connectivity index (χ4n) is 2.47. The van der Waals surface area contributed by atoms with Gasteiger partial charge in [-0.25, -0.2) is 9.97 Å². The van der Waals surface area contributed by atoms with Crippen molar-refractivity contribution in [2.24, 2.45) is 14.1 Å². The average molecular weight is 380 g/mol. The molecular formula is C16H15Cl2N5O2. The zero-order chi connectivity index (χ0) is 18.1. The van der Waals surface area contributed by atoms with Crippen molar-refractivity contribution in [3.63, 3.8) is 0 Å². The van der Waals surface area contributed by atoms with Crippen LogP contribution in [0, 0.1) is 0 Å². The summed E-state index contributed by atoms with van der Waals surface area (Å²) in [5.41, 5.74) is 1.53. The lowest BCUT2D eigenvalue weighted by Crippen LogP contribution is -2.14. The number of hydrogen-bond acceptors (Lipinski definition) is 5. The minimum atomic E-state index is 0.0512. The predicted octanol–water partition coefficient (Wildman–Crippen LogP) is 4.04. The monoisotopic (exact) mass is 379 g/mol. The first-order chi connectivity index (χ1) is 11.9. The molecule has 0 bridgehead atoms. The molecule has 0 unspecified atom stereocenters. The van der Waals surface area contributed by atoms with Gasteiger partial charge in [-0.1, -0.05) is 23.2 Å². The molecule has 0 amide bonds. The van der Waals surface area contributed by atoms with E-state index in [0.29, 0.717) is 16.0 Å². The Hall–Kier alpha value is -2.32. The van der Waals surface area contributed by atoms with Crippen molar-refractivity contribution < 1.29 is 10.4 Å². The number of nitrogens with zero attached hydrogens (tertiary/aromatic N) is 5. The maximum Gasteiger partial charge on any atom is 0.165 e. The zero-order valence-electron chi connectivity index (χ0n) is 13.4. The molecular weight excluding hydrogens is 365 g/mol. The number of pyridine rings is 2. The third kappa shape index (κ3) is 3.54. The van der Waals surface area contributed by atoms with E-state index in [1.807, 2.05) is 29.9 Å². The summed E-state index contributed by atoms with van der Waals surface area (Å²) in [6, 6.07) is 10.8. The van der Waals surface area contributed by atoms with Crippen LogP contribution < -0.4 is 5.23 Å². The lowest BCUT2D eigenvalue weighted by molar-refractivity contribution is 0.0255. The van der Waals surface area contributed by atoms with E-state index in [9.17, 15) is 0 Å². The van der Waals surface area contributed by atoms with Crippen molar-refractivity contribution in [3.8, 4) is 0 Å². The quantitative estimate of drug-likeness (QED) is 0.385. The predicted molar refractivity (Wildman–Crippen MR) is 97.5 cm³/mol. The second-order valence-corrected chi connectivity index (χ2v) is 6.15. The molecule has 4 rings (SSSR count). The third-order valence-corrected chi connectivity index (χ3v) is 4.13. The Bertz CT molecular complexity index is 1040. The molecule has 130 valence electrons. The van der Waals surface area contributed by atoms with E-state index in [-0.39, 0.29) is 11.0 Å². The molecule has 2 N–H and O–H groups in total. The molecule has 0 aromatic carbocycles. The molecule has 0 atom stereocenters. The van der Waals surface area contributed by atoms with Crippen molar-refractivity contribution in [2.75, 3.05) is 5.23 Å². The summed E-state index contributed by atoms with van der Waals surface area (Å²) < 4.78 is 3.47. The minimum absolute atomic E-state index is 0.0512. The summed E-state index contributed by atoms with van der Waals surface area (Å²) in [5, 5.41) is 20.6. The number of halogens is 2. The molecule has 4 heterocycles. The zero-order valence-corrected chi connectivity index (χ0v) is 14.9. The Morgan fingerprint density at radius 3 is 2.12 bits per heavy atom. The second kappa shape index (κ2) is 6.89. The molecule has 9 heteroatoms. The maximum absolute atomic E-state index is 8.88. The highest BCUT2D eigenvalue weighted by molar-refractivity contribution is 6.30. The van der Waals surface area contributed by atoms with Gasteiger partial charge in [-0.3, -0.25) is 10.4 Å². The molecule has 0 aliphatic heterocycles. The normalized spacial score (nSPS) is 10.8. The molecule has 4 aromatic rings. The van der Waals surface area contributed by atoms with E-state index in [1.165, 1.54) is 4.57 Å². The number of aromatic nitrogens is 4. The van der Waals surface area contributed by atoms with Crippen LogP contribution in [0.5, 0.6) is 0 Å². The highest BCUT2D eigenvalue weighted by Crippen LogP contribution is 2.23. The summed E-state index contributed by atoms with van der Waals surface area (Å²) in [7, 11) is 3.62. The molecule has 0 saturated carbocycles. The maximum atomic E-state index is 8.88. The van der Waals surface area contributed by atoms with Crippen LogP contribution in [0.15, 0.2) is 42.6 Å². The van der Waals surface area contributed by atoms with E-state index < -0.39 is 0 Å². The van der Waals surface area contributed by atoms with Gasteiger partial charge in [0.2, 0.25) is 0 Å². The molecule has 0 saturated heterocycles. The lowest BCUT2D eigenvalue weighted by atomic mass is 10.3. The minimum Gasteiger partial charge on any atom is -0.336 e. The Morgan fingerprint density at radius 1 is 0.880 bits per heavy atom. The third-order valence-electron chi connectivity index (χ3n) is 3.71. The van der Waals surface area contributed by atoms with Crippen LogP contribution in [0.1, 0.15) is 0 Å². The molecule has 4 aromatic heterocycles. The number of rotatable bonds is 1. The molecule has 7 nitrogen and oxygen atoms in total. The average Bonchev–Trinajstić information content (AvgIpc) is 3.09. The first kappa shape index (κ1) is 17.5. The summed E-state index contributed by atoms with van der Waals surface area (Å²) in [6.45, 7) is 0. The fraction of sp³-hybridized carbons (Fsp3) is 0.125. The van der Waals surface area contributed by atoms with Gasteiger partial charge in [0, 0.05) is 31.1 Å². The summed E-state index contributed by atoms with van der Waals surface area (Å²) in [5.74, 6) is 0.231. The Morgan fingerprint density at radius 2 is 1.48 bits per heavy atom. The van der Waals surface area contributed by atoms with Crippen LogP contribution >= 0.6 is 23.2 Å². The van der Waals surface area contributed by atoms with Crippen LogP contribution in [0.2, 0.25) is 10.3 Å². The fourth-order valence-corrected chi connectivity index (χ4v) is 2.75. The number of fused-ring (bicyclic) bond motifs is 2. The van der Waals surface area contributed by atoms with Gasteiger partial charge in [0.15, 0.2) is 5.82 Å². The largest absolute Gasteiger partial charge is 0.336 e. The van der Waals surface area contributed by atoms with Gasteiger partial charge in [-0.2, -0.15) is 0 Å². The number of aryl methyl sites for hydroxylation is 2. The summed E-state index contributed by atoms with van der Waals surface area (Å²) >= 11 is 11.4. The molecule has 25 heavy (non-hydrogen) atoms. The van der Waals surface area contributed by atoms with Crippen molar-refractivity contribution >= 4 is 51.1 Å². The van der Waals surface area contributed by atoms with E-state index >= 15 is 0 Å². The highest BCUT2D eigenvalue weighted by atomic mass is 35.5. The van der Waals surface area contributed by atoms with Crippen LogP contribution in [0.4, 0.5) is 5.82 Å². The van der Waals surface area contributed by atoms with Gasteiger partial charge in [0.05, 0.1) is 0 Å². The first-order valence-electron chi connectivity index (χ1n) is 7.24. The standard InChI is InChI=1S/C8H8ClN3O2.C8H7ClN2/c1-11-7(12(13)14)4-5-2-3-6(9)10-8(5)11;1-11-5-4-6-2-3-7(9)10-8(6)11/h2-4,13-14H,1H3;2-5H,1H3. The molecule has 0 aliphatic rings. The highest BCUT2D eigenvalue weighted by Gasteiger charge is 2.10. The van der Waals surface area contributed by atoms with Gasteiger partial charge in [-0.15, -0.1) is 5.23 Å². The van der Waals surface area contributed by atoms with Crippen molar-refractivity contribution in [1.29, 1.82) is 0 Å². The Labute approximate surface area is 153 Å². The van der Waals surface area contributed by atoms with Gasteiger partial charge in [0.25, 0.3) is 0 Å². The van der Waals surface area contributed by atoms with Crippen molar-refractivity contribution in [1.82, 2.24) is 19.1 Å². The van der Waals surface area contributed by atoms with Gasteiger partial charge >= 0.3 is 0 Å². The Kier molecular flexibility index (Phi) is 4.82. The van der Waals surface area contributed by atoms with Crippen LogP contribution in [-0.4, -0.2) is 29.5 Å². The van der Waals surface area contributed by atoms with Gasteiger partial charge < -0.3 is 9.13 Å². The lowest BCUT2D eigenvalue weighted by Gasteiger charge is -2.07.